The summed E-state index contributed by atoms with van der Waals surface area (Å²) in [5.74, 6) is 1.22. The number of likely N-dealkylation sites (tertiary alicyclic amines) is 1. The molecular weight excluding hydrogens is 298 g/mol. The quantitative estimate of drug-likeness (QED) is 0.861. The smallest absolute Gasteiger partial charge is 0.254 e. The third kappa shape index (κ3) is 2.46. The van der Waals surface area contributed by atoms with Gasteiger partial charge < -0.3 is 14.4 Å². The average Bonchev–Trinajstić information content (AvgIpc) is 2.90. The van der Waals surface area contributed by atoms with Crippen molar-refractivity contribution >= 4 is 21.8 Å². The predicted octanol–water partition coefficient (Wildman–Crippen LogP) is 2.70. The number of benzene rings is 1. The summed E-state index contributed by atoms with van der Waals surface area (Å²) in [5.41, 5.74) is 0.626. The van der Waals surface area contributed by atoms with Gasteiger partial charge in [0.1, 0.15) is 0 Å². The molecule has 1 amide bonds. The fourth-order valence-electron chi connectivity index (χ4n) is 2.14. The van der Waals surface area contributed by atoms with Crippen LogP contribution in [0.25, 0.3) is 0 Å². The molecule has 1 aliphatic heterocycles. The summed E-state index contributed by atoms with van der Waals surface area (Å²) in [7, 11) is 3.14. The number of amides is 1. The highest BCUT2D eigenvalue weighted by Crippen LogP contribution is 2.36. The minimum Gasteiger partial charge on any atom is -0.493 e. The number of hydrogen-bond donors (Lipinski definition) is 0. The van der Waals surface area contributed by atoms with E-state index in [0.717, 1.165) is 30.4 Å². The van der Waals surface area contributed by atoms with Gasteiger partial charge in [0.05, 0.1) is 18.7 Å². The van der Waals surface area contributed by atoms with Crippen LogP contribution in [0.3, 0.4) is 0 Å². The molecule has 1 aliphatic rings. The molecule has 1 saturated heterocycles. The first-order valence-electron chi connectivity index (χ1n) is 5.88. The summed E-state index contributed by atoms with van der Waals surface area (Å²) in [6, 6.07) is 3.51. The van der Waals surface area contributed by atoms with E-state index < -0.39 is 0 Å². The largest absolute Gasteiger partial charge is 0.493 e. The van der Waals surface area contributed by atoms with Gasteiger partial charge in [0, 0.05) is 18.7 Å². The zero-order valence-electron chi connectivity index (χ0n) is 10.5. The number of hydrogen-bond acceptors (Lipinski definition) is 3. The van der Waals surface area contributed by atoms with Crippen molar-refractivity contribution in [3.8, 4) is 11.5 Å². The molecule has 1 fully saturated rings. The van der Waals surface area contributed by atoms with Crippen LogP contribution in [0.4, 0.5) is 0 Å². The molecule has 1 aromatic rings. The Bertz CT molecular complexity index is 456. The highest BCUT2D eigenvalue weighted by Gasteiger charge is 2.22. The lowest BCUT2D eigenvalue weighted by Gasteiger charge is -2.17. The highest BCUT2D eigenvalue weighted by atomic mass is 79.9. The van der Waals surface area contributed by atoms with Crippen LogP contribution in [0.1, 0.15) is 23.2 Å². The summed E-state index contributed by atoms with van der Waals surface area (Å²) in [4.78, 5) is 14.1. The third-order valence-corrected chi connectivity index (χ3v) is 3.66. The van der Waals surface area contributed by atoms with E-state index in [2.05, 4.69) is 15.9 Å². The molecule has 0 saturated carbocycles. The van der Waals surface area contributed by atoms with E-state index in [1.54, 1.807) is 26.4 Å². The van der Waals surface area contributed by atoms with Gasteiger partial charge in [-0.25, -0.2) is 0 Å². The Labute approximate surface area is 115 Å². The lowest BCUT2D eigenvalue weighted by atomic mass is 10.1. The van der Waals surface area contributed by atoms with Crippen molar-refractivity contribution < 1.29 is 14.3 Å². The molecule has 0 N–H and O–H groups in total. The first-order valence-corrected chi connectivity index (χ1v) is 6.67. The Morgan fingerprint density at radius 2 is 1.89 bits per heavy atom. The van der Waals surface area contributed by atoms with Crippen molar-refractivity contribution in [1.29, 1.82) is 0 Å². The maximum Gasteiger partial charge on any atom is 0.254 e. The number of nitrogens with zero attached hydrogens (tertiary/aromatic N) is 1. The number of halogens is 1. The topological polar surface area (TPSA) is 38.8 Å². The number of carbonyl (C=O) groups excluding carboxylic acids is 1. The molecular formula is C13H16BrNO3. The minimum atomic E-state index is 0.0501. The summed E-state index contributed by atoms with van der Waals surface area (Å²) < 4.78 is 11.2. The second-order valence-corrected chi connectivity index (χ2v) is 5.05. The molecule has 0 unspecified atom stereocenters. The second-order valence-electron chi connectivity index (χ2n) is 4.19. The summed E-state index contributed by atoms with van der Waals surface area (Å²) >= 11 is 3.40. The fourth-order valence-corrected chi connectivity index (χ4v) is 2.75. The standard InChI is InChI=1S/C13H16BrNO3/c1-17-11-8-9(7-10(14)12(11)18-2)13(16)15-5-3-4-6-15/h7-8H,3-6H2,1-2H3. The monoisotopic (exact) mass is 313 g/mol. The predicted molar refractivity (Wildman–Crippen MR) is 72.4 cm³/mol. The number of rotatable bonds is 3. The molecule has 18 heavy (non-hydrogen) atoms. The molecule has 4 nitrogen and oxygen atoms in total. The molecule has 5 heteroatoms. The van der Waals surface area contributed by atoms with E-state index in [0.29, 0.717) is 17.1 Å². The maximum atomic E-state index is 12.3. The van der Waals surface area contributed by atoms with Gasteiger partial charge in [-0.05, 0) is 40.9 Å². The molecule has 2 rings (SSSR count). The first-order chi connectivity index (χ1) is 8.67. The second kappa shape index (κ2) is 5.61. The fraction of sp³-hybridized carbons (Fsp3) is 0.462. The SMILES string of the molecule is COc1cc(C(=O)N2CCCC2)cc(Br)c1OC. The van der Waals surface area contributed by atoms with E-state index in [9.17, 15) is 4.79 Å². The Morgan fingerprint density at radius 3 is 2.44 bits per heavy atom. The van der Waals surface area contributed by atoms with Crippen LogP contribution in [0.2, 0.25) is 0 Å². The zero-order chi connectivity index (χ0) is 13.1. The Hall–Kier alpha value is -1.23. The molecule has 1 aromatic carbocycles. The molecule has 0 bridgehead atoms. The molecule has 0 spiro atoms. The van der Waals surface area contributed by atoms with Crippen LogP contribution in [0.15, 0.2) is 16.6 Å². The Morgan fingerprint density at radius 1 is 1.22 bits per heavy atom. The minimum absolute atomic E-state index is 0.0501. The van der Waals surface area contributed by atoms with Crippen molar-refractivity contribution in [2.75, 3.05) is 27.3 Å². The van der Waals surface area contributed by atoms with Crippen LogP contribution >= 0.6 is 15.9 Å². The molecule has 0 aromatic heterocycles. The normalized spacial score (nSPS) is 14.7. The van der Waals surface area contributed by atoms with Crippen LogP contribution in [-0.4, -0.2) is 38.1 Å². The van der Waals surface area contributed by atoms with Gasteiger partial charge in [-0.15, -0.1) is 0 Å². The van der Waals surface area contributed by atoms with Gasteiger partial charge in [0.25, 0.3) is 5.91 Å². The van der Waals surface area contributed by atoms with Gasteiger partial charge in [0.2, 0.25) is 0 Å². The maximum absolute atomic E-state index is 12.3. The lowest BCUT2D eigenvalue weighted by Crippen LogP contribution is -2.27. The zero-order valence-corrected chi connectivity index (χ0v) is 12.1. The molecule has 98 valence electrons. The van der Waals surface area contributed by atoms with Crippen molar-refractivity contribution in [2.24, 2.45) is 0 Å². The van der Waals surface area contributed by atoms with Gasteiger partial charge in [-0.1, -0.05) is 0 Å². The van der Waals surface area contributed by atoms with Gasteiger partial charge >= 0.3 is 0 Å². The summed E-state index contributed by atoms with van der Waals surface area (Å²) in [6.07, 6.45) is 2.17. The Balaban J connectivity index is 2.33. The highest BCUT2D eigenvalue weighted by molar-refractivity contribution is 9.10. The van der Waals surface area contributed by atoms with Crippen molar-refractivity contribution in [1.82, 2.24) is 4.90 Å². The first kappa shape index (κ1) is 13.2. The van der Waals surface area contributed by atoms with Crippen LogP contribution in [0.5, 0.6) is 11.5 Å². The molecule has 1 heterocycles. The van der Waals surface area contributed by atoms with Crippen LogP contribution in [0, 0.1) is 0 Å². The van der Waals surface area contributed by atoms with Crippen molar-refractivity contribution in [3.05, 3.63) is 22.2 Å². The number of methoxy groups -OCH3 is 2. The third-order valence-electron chi connectivity index (χ3n) is 3.07. The van der Waals surface area contributed by atoms with E-state index >= 15 is 0 Å². The van der Waals surface area contributed by atoms with Gasteiger partial charge in [-0.2, -0.15) is 0 Å². The Kier molecular flexibility index (Phi) is 4.11. The molecule has 0 aliphatic carbocycles. The molecule has 0 radical (unpaired) electrons. The average molecular weight is 314 g/mol. The van der Waals surface area contributed by atoms with Crippen molar-refractivity contribution in [2.45, 2.75) is 12.8 Å². The van der Waals surface area contributed by atoms with E-state index in [1.165, 1.54) is 0 Å². The van der Waals surface area contributed by atoms with Crippen LogP contribution in [-0.2, 0) is 0 Å². The van der Waals surface area contributed by atoms with E-state index in [4.69, 9.17) is 9.47 Å². The number of ether oxygens (including phenoxy) is 2. The van der Waals surface area contributed by atoms with Gasteiger partial charge in [0.15, 0.2) is 11.5 Å². The summed E-state index contributed by atoms with van der Waals surface area (Å²) in [5, 5.41) is 0. The summed E-state index contributed by atoms with van der Waals surface area (Å²) in [6.45, 7) is 1.68. The van der Waals surface area contributed by atoms with E-state index in [-0.39, 0.29) is 5.91 Å². The van der Waals surface area contributed by atoms with Crippen molar-refractivity contribution in [3.63, 3.8) is 0 Å². The van der Waals surface area contributed by atoms with Gasteiger partial charge in [-0.3, -0.25) is 4.79 Å². The van der Waals surface area contributed by atoms with E-state index in [1.807, 2.05) is 4.90 Å². The molecule has 0 atom stereocenters. The lowest BCUT2D eigenvalue weighted by molar-refractivity contribution is 0.0792. The van der Waals surface area contributed by atoms with Crippen LogP contribution < -0.4 is 9.47 Å². The number of carbonyl (C=O) groups is 1.